The van der Waals surface area contributed by atoms with Crippen molar-refractivity contribution < 1.29 is 9.47 Å². The Hall–Kier alpha value is -1.36. The number of rotatable bonds is 2. The fourth-order valence-electron chi connectivity index (χ4n) is 5.19. The Labute approximate surface area is 166 Å². The molecule has 144 valence electrons. The third kappa shape index (κ3) is 3.32. The number of allylic oxidation sites excluding steroid dienone is 1. The number of aliphatic imine (C=N–C) groups is 1. The van der Waals surface area contributed by atoms with Gasteiger partial charge in [-0.15, -0.1) is 0 Å². The van der Waals surface area contributed by atoms with Gasteiger partial charge in [-0.1, -0.05) is 17.7 Å². The first-order valence-corrected chi connectivity index (χ1v) is 10.5. The van der Waals surface area contributed by atoms with E-state index in [0.29, 0.717) is 11.3 Å². The van der Waals surface area contributed by atoms with Gasteiger partial charge in [0.25, 0.3) is 0 Å². The van der Waals surface area contributed by atoms with Crippen LogP contribution in [-0.2, 0) is 4.74 Å². The second-order valence-corrected chi connectivity index (χ2v) is 9.11. The molecule has 1 aromatic rings. The molecule has 0 N–H and O–H groups in total. The van der Waals surface area contributed by atoms with Crippen molar-refractivity contribution in [2.45, 2.75) is 38.7 Å². The maximum Gasteiger partial charge on any atom is 0.126 e. The molecule has 4 aliphatic rings. The topological polar surface area (TPSA) is 34.1 Å². The largest absolute Gasteiger partial charge is 0.493 e. The predicted octanol–water partition coefficient (Wildman–Crippen LogP) is 4.64. The van der Waals surface area contributed by atoms with E-state index in [4.69, 9.17) is 21.1 Å². The van der Waals surface area contributed by atoms with Gasteiger partial charge in [0.1, 0.15) is 5.75 Å². The molecule has 4 heterocycles. The Bertz CT molecular complexity index is 796. The van der Waals surface area contributed by atoms with E-state index in [1.165, 1.54) is 36.1 Å². The van der Waals surface area contributed by atoms with Crippen LogP contribution in [0, 0.1) is 11.3 Å². The molecule has 0 amide bonds. The van der Waals surface area contributed by atoms with Gasteiger partial charge in [-0.25, -0.2) is 0 Å². The summed E-state index contributed by atoms with van der Waals surface area (Å²) in [7, 11) is 0. The van der Waals surface area contributed by atoms with E-state index in [1.54, 1.807) is 0 Å². The van der Waals surface area contributed by atoms with Gasteiger partial charge in [-0.05, 0) is 62.4 Å². The standard InChI is InChI=1S/C22H27ClN2O2/c1-15-16(4-7-24-15)12-25-8-5-22(6-9-25)11-17-13-26-20-10-18(23)2-3-19(20)21(17)27-14-22/h2-3,7,10,17,21H,4-6,8-9,11-14H2,1H3. The van der Waals surface area contributed by atoms with Crippen molar-refractivity contribution in [1.82, 2.24) is 4.90 Å². The van der Waals surface area contributed by atoms with Crippen molar-refractivity contribution in [2.24, 2.45) is 16.3 Å². The molecule has 4 aliphatic heterocycles. The van der Waals surface area contributed by atoms with Gasteiger partial charge in [0.2, 0.25) is 0 Å². The third-order valence-electron chi connectivity index (χ3n) is 6.89. The molecule has 5 heteroatoms. The molecule has 2 atom stereocenters. The quantitative estimate of drug-likeness (QED) is 0.742. The maximum absolute atomic E-state index is 6.46. The first-order chi connectivity index (χ1) is 13.1. The summed E-state index contributed by atoms with van der Waals surface area (Å²) in [6.07, 6.45) is 6.88. The molecule has 2 saturated heterocycles. The van der Waals surface area contributed by atoms with E-state index >= 15 is 0 Å². The van der Waals surface area contributed by atoms with Gasteiger partial charge in [-0.2, -0.15) is 0 Å². The summed E-state index contributed by atoms with van der Waals surface area (Å²) < 4.78 is 12.5. The highest BCUT2D eigenvalue weighted by molar-refractivity contribution is 6.30. The van der Waals surface area contributed by atoms with Crippen LogP contribution < -0.4 is 4.74 Å². The second-order valence-electron chi connectivity index (χ2n) is 8.67. The van der Waals surface area contributed by atoms with Crippen LogP contribution in [0.1, 0.15) is 44.3 Å². The molecule has 4 nitrogen and oxygen atoms in total. The number of likely N-dealkylation sites (tertiary alicyclic amines) is 1. The van der Waals surface area contributed by atoms with Gasteiger partial charge in [0.05, 0.1) is 19.3 Å². The van der Waals surface area contributed by atoms with Gasteiger partial charge in [0, 0.05) is 41.4 Å². The number of ether oxygens (including phenoxy) is 2. The summed E-state index contributed by atoms with van der Waals surface area (Å²) in [5.41, 5.74) is 4.20. The first-order valence-electron chi connectivity index (χ1n) is 10.1. The van der Waals surface area contributed by atoms with Crippen molar-refractivity contribution in [1.29, 1.82) is 0 Å². The lowest BCUT2D eigenvalue weighted by atomic mass is 9.68. The lowest BCUT2D eigenvalue weighted by Crippen LogP contribution is -2.48. The van der Waals surface area contributed by atoms with Crippen molar-refractivity contribution in [2.75, 3.05) is 32.8 Å². The van der Waals surface area contributed by atoms with Crippen LogP contribution in [0.3, 0.4) is 0 Å². The van der Waals surface area contributed by atoms with E-state index in [9.17, 15) is 0 Å². The van der Waals surface area contributed by atoms with Crippen molar-refractivity contribution in [3.63, 3.8) is 0 Å². The molecule has 2 unspecified atom stereocenters. The van der Waals surface area contributed by atoms with Gasteiger partial charge < -0.3 is 9.47 Å². The zero-order valence-electron chi connectivity index (χ0n) is 15.9. The summed E-state index contributed by atoms with van der Waals surface area (Å²) in [5.74, 6) is 1.35. The van der Waals surface area contributed by atoms with Gasteiger partial charge >= 0.3 is 0 Å². The molecule has 0 saturated carbocycles. The summed E-state index contributed by atoms with van der Waals surface area (Å²) in [6.45, 7) is 7.14. The van der Waals surface area contributed by atoms with Crippen LogP contribution in [0.4, 0.5) is 0 Å². The highest BCUT2D eigenvalue weighted by atomic mass is 35.5. The van der Waals surface area contributed by atoms with Crippen molar-refractivity contribution >= 4 is 17.8 Å². The lowest BCUT2D eigenvalue weighted by Gasteiger charge is -2.50. The Morgan fingerprint density at radius 3 is 2.93 bits per heavy atom. The monoisotopic (exact) mass is 386 g/mol. The van der Waals surface area contributed by atoms with Crippen LogP contribution in [0.5, 0.6) is 5.75 Å². The molecule has 1 spiro atoms. The third-order valence-corrected chi connectivity index (χ3v) is 7.13. The smallest absolute Gasteiger partial charge is 0.126 e. The molecule has 5 rings (SSSR count). The van der Waals surface area contributed by atoms with Crippen molar-refractivity contribution in [3.8, 4) is 5.75 Å². The predicted molar refractivity (Wildman–Crippen MR) is 108 cm³/mol. The molecular formula is C22H27ClN2O2. The minimum absolute atomic E-state index is 0.165. The Kier molecular flexibility index (Phi) is 4.53. The van der Waals surface area contributed by atoms with E-state index in [2.05, 4.69) is 22.9 Å². The number of fused-ring (bicyclic) bond motifs is 3. The molecule has 27 heavy (non-hydrogen) atoms. The van der Waals surface area contributed by atoms with E-state index in [1.807, 2.05) is 18.3 Å². The molecule has 0 radical (unpaired) electrons. The molecule has 0 aliphatic carbocycles. The number of nitrogens with zero attached hydrogens (tertiary/aromatic N) is 2. The Morgan fingerprint density at radius 1 is 1.30 bits per heavy atom. The molecule has 0 bridgehead atoms. The number of piperidine rings is 1. The van der Waals surface area contributed by atoms with E-state index < -0.39 is 0 Å². The Morgan fingerprint density at radius 2 is 2.15 bits per heavy atom. The van der Waals surface area contributed by atoms with Gasteiger partial charge in [-0.3, -0.25) is 9.89 Å². The highest BCUT2D eigenvalue weighted by Gasteiger charge is 2.46. The zero-order valence-corrected chi connectivity index (χ0v) is 16.7. The van der Waals surface area contributed by atoms with Gasteiger partial charge in [0.15, 0.2) is 0 Å². The average Bonchev–Trinajstić information content (AvgIpc) is 3.08. The maximum atomic E-state index is 6.46. The normalized spacial score (nSPS) is 29.6. The molecular weight excluding hydrogens is 360 g/mol. The fraction of sp³-hybridized carbons (Fsp3) is 0.591. The van der Waals surface area contributed by atoms with Crippen LogP contribution in [0.25, 0.3) is 0 Å². The fourth-order valence-corrected chi connectivity index (χ4v) is 5.36. The zero-order chi connectivity index (χ0) is 18.4. The molecule has 2 fully saturated rings. The number of halogens is 1. The number of hydrogen-bond donors (Lipinski definition) is 0. The summed E-state index contributed by atoms with van der Waals surface area (Å²) in [4.78, 5) is 7.02. The SMILES string of the molecule is CC1=C(CN2CCC3(CC2)COC2c4ccc(Cl)cc4OCC2C3)CC=N1. The van der Waals surface area contributed by atoms with E-state index in [-0.39, 0.29) is 6.10 Å². The Balaban J connectivity index is 1.23. The van der Waals surface area contributed by atoms with Crippen LogP contribution >= 0.6 is 11.6 Å². The van der Waals surface area contributed by atoms with E-state index in [0.717, 1.165) is 50.0 Å². The average molecular weight is 387 g/mol. The van der Waals surface area contributed by atoms with Crippen molar-refractivity contribution in [3.05, 3.63) is 40.1 Å². The lowest BCUT2D eigenvalue weighted by molar-refractivity contribution is -0.135. The summed E-state index contributed by atoms with van der Waals surface area (Å²) in [5, 5.41) is 0.727. The number of hydrogen-bond acceptors (Lipinski definition) is 4. The van der Waals surface area contributed by atoms with Crippen LogP contribution in [0.2, 0.25) is 5.02 Å². The minimum Gasteiger partial charge on any atom is -0.493 e. The van der Waals surface area contributed by atoms with Crippen LogP contribution in [0.15, 0.2) is 34.5 Å². The molecule has 1 aromatic carbocycles. The van der Waals surface area contributed by atoms with Crippen LogP contribution in [-0.4, -0.2) is 44.0 Å². The minimum atomic E-state index is 0.165. The summed E-state index contributed by atoms with van der Waals surface area (Å²) >= 11 is 6.12. The second kappa shape index (κ2) is 6.91. The first kappa shape index (κ1) is 17.7. The highest BCUT2D eigenvalue weighted by Crippen LogP contribution is 2.51. The number of benzene rings is 1. The summed E-state index contributed by atoms with van der Waals surface area (Å²) in [6, 6.07) is 5.94. The molecule has 0 aromatic heterocycles.